The fourth-order valence-electron chi connectivity index (χ4n) is 4.36. The Kier molecular flexibility index (Phi) is 4.70. The zero-order chi connectivity index (χ0) is 13.9. The third-order valence-electron chi connectivity index (χ3n) is 5.36. The number of rotatable bonds is 6. The van der Waals surface area contributed by atoms with Gasteiger partial charge in [0.05, 0.1) is 5.60 Å². The van der Waals surface area contributed by atoms with Crippen molar-refractivity contribution < 1.29 is 9.90 Å². The molecule has 19 heavy (non-hydrogen) atoms. The summed E-state index contributed by atoms with van der Waals surface area (Å²) in [6.45, 7) is 3.77. The second-order valence-corrected chi connectivity index (χ2v) is 7.50. The van der Waals surface area contributed by atoms with E-state index in [1.165, 1.54) is 38.5 Å². The summed E-state index contributed by atoms with van der Waals surface area (Å²) >= 11 is 0. The summed E-state index contributed by atoms with van der Waals surface area (Å²) in [6, 6.07) is 0. The van der Waals surface area contributed by atoms with E-state index in [9.17, 15) is 9.90 Å². The average Bonchev–Trinajstić information content (AvgIpc) is 2.72. The second kappa shape index (κ2) is 5.95. The zero-order valence-corrected chi connectivity index (χ0v) is 12.7. The predicted molar refractivity (Wildman–Crippen MR) is 78.0 cm³/mol. The van der Waals surface area contributed by atoms with E-state index in [1.54, 1.807) is 0 Å². The van der Waals surface area contributed by atoms with E-state index < -0.39 is 5.60 Å². The van der Waals surface area contributed by atoms with Gasteiger partial charge in [-0.2, -0.15) is 0 Å². The minimum absolute atomic E-state index is 0.379. The van der Waals surface area contributed by atoms with Crippen molar-refractivity contribution >= 4 is 5.78 Å². The maximum Gasteiger partial charge on any atom is 0.136 e. The Morgan fingerprint density at radius 2 is 1.95 bits per heavy atom. The Hall–Kier alpha value is -0.370. The van der Waals surface area contributed by atoms with Crippen molar-refractivity contribution in [2.75, 3.05) is 0 Å². The number of carbonyl (C=O) groups is 1. The Morgan fingerprint density at radius 1 is 1.21 bits per heavy atom. The molecule has 2 nitrogen and oxygen atoms in total. The lowest BCUT2D eigenvalue weighted by molar-refractivity contribution is -0.129. The van der Waals surface area contributed by atoms with Gasteiger partial charge in [0.1, 0.15) is 5.78 Å². The van der Waals surface area contributed by atoms with E-state index in [1.807, 2.05) is 13.8 Å². The second-order valence-electron chi connectivity index (χ2n) is 7.50. The van der Waals surface area contributed by atoms with Crippen LogP contribution in [0.15, 0.2) is 0 Å². The Bertz CT molecular complexity index is 316. The molecule has 0 aliphatic heterocycles. The van der Waals surface area contributed by atoms with Crippen molar-refractivity contribution in [2.45, 2.75) is 90.1 Å². The molecule has 0 saturated heterocycles. The highest BCUT2D eigenvalue weighted by Crippen LogP contribution is 2.53. The van der Waals surface area contributed by atoms with Crippen LogP contribution >= 0.6 is 0 Å². The van der Waals surface area contributed by atoms with Gasteiger partial charge >= 0.3 is 0 Å². The van der Waals surface area contributed by atoms with Crippen molar-refractivity contribution in [3.05, 3.63) is 0 Å². The van der Waals surface area contributed by atoms with Gasteiger partial charge in [0.25, 0.3) is 0 Å². The van der Waals surface area contributed by atoms with Gasteiger partial charge in [-0.1, -0.05) is 25.7 Å². The quantitative estimate of drug-likeness (QED) is 0.730. The highest BCUT2D eigenvalue weighted by molar-refractivity contribution is 5.83. The molecule has 2 saturated carbocycles. The summed E-state index contributed by atoms with van der Waals surface area (Å²) in [6.07, 6.45) is 12.6. The van der Waals surface area contributed by atoms with E-state index in [0.29, 0.717) is 17.1 Å². The number of aliphatic hydroxyl groups is 1. The summed E-state index contributed by atoms with van der Waals surface area (Å²) in [4.78, 5) is 12.1. The van der Waals surface area contributed by atoms with E-state index in [4.69, 9.17) is 0 Å². The molecule has 2 atom stereocenters. The monoisotopic (exact) mass is 266 g/mol. The average molecular weight is 266 g/mol. The van der Waals surface area contributed by atoms with Crippen LogP contribution in [0.4, 0.5) is 0 Å². The van der Waals surface area contributed by atoms with Gasteiger partial charge in [-0.3, -0.25) is 4.79 Å². The summed E-state index contributed by atoms with van der Waals surface area (Å²) in [7, 11) is 0. The lowest BCUT2D eigenvalue weighted by Gasteiger charge is -2.39. The minimum Gasteiger partial charge on any atom is -0.390 e. The molecule has 2 fully saturated rings. The van der Waals surface area contributed by atoms with Gasteiger partial charge in [-0.05, 0) is 57.8 Å². The van der Waals surface area contributed by atoms with Gasteiger partial charge < -0.3 is 5.11 Å². The van der Waals surface area contributed by atoms with Crippen LogP contribution in [-0.2, 0) is 4.79 Å². The molecule has 0 unspecified atom stereocenters. The van der Waals surface area contributed by atoms with Gasteiger partial charge in [-0.15, -0.1) is 0 Å². The van der Waals surface area contributed by atoms with E-state index in [-0.39, 0.29) is 0 Å². The molecular formula is C17H30O2. The standard InChI is InChI=1S/C17H30O2/c1-16(2,19)10-4-3-5-11-17-12-6-8-14(17)15(18)9-7-13-17/h14,19H,3-13H2,1-2H3/t14-,17-/m0/s1. The van der Waals surface area contributed by atoms with Crippen LogP contribution in [0.2, 0.25) is 0 Å². The van der Waals surface area contributed by atoms with Crippen LogP contribution in [0, 0.1) is 11.3 Å². The molecule has 0 aromatic carbocycles. The largest absolute Gasteiger partial charge is 0.390 e. The van der Waals surface area contributed by atoms with Crippen molar-refractivity contribution in [1.82, 2.24) is 0 Å². The first-order valence-electron chi connectivity index (χ1n) is 8.18. The van der Waals surface area contributed by atoms with Gasteiger partial charge in [0.15, 0.2) is 0 Å². The number of unbranched alkanes of at least 4 members (excludes halogenated alkanes) is 2. The van der Waals surface area contributed by atoms with Crippen molar-refractivity contribution in [3.8, 4) is 0 Å². The van der Waals surface area contributed by atoms with E-state index >= 15 is 0 Å². The molecule has 110 valence electrons. The first kappa shape index (κ1) is 15.0. The van der Waals surface area contributed by atoms with Crippen molar-refractivity contribution in [1.29, 1.82) is 0 Å². The Morgan fingerprint density at radius 3 is 2.68 bits per heavy atom. The number of carbonyl (C=O) groups excluding carboxylic acids is 1. The molecule has 0 aromatic rings. The normalized spacial score (nSPS) is 31.5. The smallest absolute Gasteiger partial charge is 0.136 e. The summed E-state index contributed by atoms with van der Waals surface area (Å²) in [5.74, 6) is 0.954. The van der Waals surface area contributed by atoms with Crippen molar-refractivity contribution in [2.24, 2.45) is 11.3 Å². The molecule has 2 rings (SSSR count). The lowest BCUT2D eigenvalue weighted by Crippen LogP contribution is -2.35. The molecule has 0 aromatic heterocycles. The van der Waals surface area contributed by atoms with E-state index in [0.717, 1.165) is 32.1 Å². The maximum atomic E-state index is 12.1. The molecule has 1 N–H and O–H groups in total. The van der Waals surface area contributed by atoms with Crippen LogP contribution < -0.4 is 0 Å². The lowest BCUT2D eigenvalue weighted by atomic mass is 9.65. The number of ketones is 1. The summed E-state index contributed by atoms with van der Waals surface area (Å²) in [5, 5.41) is 9.70. The number of hydrogen-bond acceptors (Lipinski definition) is 2. The molecule has 2 aliphatic carbocycles. The number of Topliss-reactive ketones (excluding diaryl/α,β-unsaturated/α-hetero) is 1. The number of fused-ring (bicyclic) bond motifs is 1. The molecule has 0 heterocycles. The summed E-state index contributed by atoms with van der Waals surface area (Å²) < 4.78 is 0. The van der Waals surface area contributed by atoms with Crippen LogP contribution in [0.3, 0.4) is 0 Å². The Balaban J connectivity index is 1.76. The van der Waals surface area contributed by atoms with Crippen molar-refractivity contribution in [3.63, 3.8) is 0 Å². The number of hydrogen-bond donors (Lipinski definition) is 1. The Labute approximate surface area is 118 Å². The highest BCUT2D eigenvalue weighted by atomic mass is 16.3. The fraction of sp³-hybridized carbons (Fsp3) is 0.941. The molecule has 2 aliphatic rings. The van der Waals surface area contributed by atoms with Gasteiger partial charge in [0.2, 0.25) is 0 Å². The SMILES string of the molecule is CC(C)(O)CCCCC[C@]12CCCC(=O)[C@@H]1CCC2. The molecule has 0 bridgehead atoms. The first-order valence-corrected chi connectivity index (χ1v) is 8.18. The maximum absolute atomic E-state index is 12.1. The van der Waals surface area contributed by atoms with Crippen LogP contribution in [0.1, 0.15) is 84.5 Å². The topological polar surface area (TPSA) is 37.3 Å². The molecule has 2 heteroatoms. The molecule has 0 radical (unpaired) electrons. The van der Waals surface area contributed by atoms with Crippen LogP contribution in [0.25, 0.3) is 0 Å². The molecule has 0 amide bonds. The first-order chi connectivity index (χ1) is 8.93. The minimum atomic E-state index is -0.519. The molecule has 0 spiro atoms. The third-order valence-corrected chi connectivity index (χ3v) is 5.36. The molecular weight excluding hydrogens is 236 g/mol. The third kappa shape index (κ3) is 3.81. The van der Waals surface area contributed by atoms with Crippen LogP contribution in [0.5, 0.6) is 0 Å². The fourth-order valence-corrected chi connectivity index (χ4v) is 4.36. The van der Waals surface area contributed by atoms with E-state index in [2.05, 4.69) is 0 Å². The van der Waals surface area contributed by atoms with Gasteiger partial charge in [-0.25, -0.2) is 0 Å². The highest BCUT2D eigenvalue weighted by Gasteiger charge is 2.47. The van der Waals surface area contributed by atoms with Gasteiger partial charge in [0, 0.05) is 12.3 Å². The zero-order valence-electron chi connectivity index (χ0n) is 12.7. The summed E-state index contributed by atoms with van der Waals surface area (Å²) in [5.41, 5.74) is -0.140. The van der Waals surface area contributed by atoms with Crippen LogP contribution in [-0.4, -0.2) is 16.5 Å². The predicted octanol–water partition coefficient (Wildman–Crippen LogP) is 4.25.